The molecule has 3 aliphatic heterocycles. The fourth-order valence-electron chi connectivity index (χ4n) is 5.80. The van der Waals surface area contributed by atoms with Crippen LogP contribution in [0.1, 0.15) is 23.2 Å². The van der Waals surface area contributed by atoms with E-state index in [2.05, 4.69) is 25.1 Å². The Morgan fingerprint density at radius 2 is 2.00 bits per heavy atom. The van der Waals surface area contributed by atoms with Crippen molar-refractivity contribution in [2.75, 3.05) is 40.8 Å². The number of carbonyl (C=O) groups excluding carboxylic acids is 1. The van der Waals surface area contributed by atoms with Crippen molar-refractivity contribution in [1.82, 2.24) is 9.80 Å². The highest BCUT2D eigenvalue weighted by Gasteiger charge is 2.63. The molecule has 3 heterocycles. The molecule has 5 heteroatoms. The van der Waals surface area contributed by atoms with E-state index in [4.69, 9.17) is 9.47 Å². The molecular formula is C25H30N2O3. The van der Waals surface area contributed by atoms with Gasteiger partial charge in [0.25, 0.3) is 5.91 Å². The van der Waals surface area contributed by atoms with Crippen molar-refractivity contribution in [3.63, 3.8) is 0 Å². The van der Waals surface area contributed by atoms with Gasteiger partial charge >= 0.3 is 0 Å². The van der Waals surface area contributed by atoms with Crippen molar-refractivity contribution in [3.05, 3.63) is 54.1 Å². The van der Waals surface area contributed by atoms with Gasteiger partial charge in [-0.1, -0.05) is 24.3 Å². The Morgan fingerprint density at radius 1 is 1.20 bits per heavy atom. The molecule has 1 spiro atoms. The molecule has 0 aromatic heterocycles. The zero-order valence-electron chi connectivity index (χ0n) is 18.0. The number of fused-ring (bicyclic) bond motifs is 1. The summed E-state index contributed by atoms with van der Waals surface area (Å²) in [5, 5.41) is 0. The number of ether oxygens (including phenoxy) is 2. The van der Waals surface area contributed by atoms with Gasteiger partial charge in [-0.15, -0.1) is 0 Å². The van der Waals surface area contributed by atoms with Gasteiger partial charge < -0.3 is 19.3 Å². The molecule has 0 unspecified atom stereocenters. The third-order valence-corrected chi connectivity index (χ3v) is 7.18. The highest BCUT2D eigenvalue weighted by atomic mass is 16.5. The molecule has 158 valence electrons. The average Bonchev–Trinajstić information content (AvgIpc) is 3.43. The first-order chi connectivity index (χ1) is 14.5. The minimum atomic E-state index is -0.110. The molecule has 2 aromatic carbocycles. The van der Waals surface area contributed by atoms with Gasteiger partial charge in [0.05, 0.1) is 25.4 Å². The van der Waals surface area contributed by atoms with E-state index in [-0.39, 0.29) is 11.5 Å². The predicted molar refractivity (Wildman–Crippen MR) is 117 cm³/mol. The quantitative estimate of drug-likeness (QED) is 0.762. The number of benzene rings is 2. The molecule has 3 saturated heterocycles. The second-order valence-electron chi connectivity index (χ2n) is 9.29. The fourth-order valence-corrected chi connectivity index (χ4v) is 5.80. The number of methoxy groups -OCH3 is 1. The maximum absolute atomic E-state index is 13.3. The van der Waals surface area contributed by atoms with Crippen LogP contribution in [0.2, 0.25) is 0 Å². The summed E-state index contributed by atoms with van der Waals surface area (Å²) in [7, 11) is 5.92. The number of nitrogens with zero attached hydrogens (tertiary/aromatic N) is 2. The molecule has 5 nitrogen and oxygen atoms in total. The zero-order valence-corrected chi connectivity index (χ0v) is 18.0. The van der Waals surface area contributed by atoms with Gasteiger partial charge in [-0.05, 0) is 62.3 Å². The van der Waals surface area contributed by atoms with Gasteiger partial charge in [-0.25, -0.2) is 0 Å². The number of amides is 1. The number of hydrogen-bond acceptors (Lipinski definition) is 4. The van der Waals surface area contributed by atoms with Crippen LogP contribution in [-0.4, -0.2) is 68.3 Å². The summed E-state index contributed by atoms with van der Waals surface area (Å²) in [6.45, 7) is 2.58. The Bertz CT molecular complexity index is 942. The summed E-state index contributed by atoms with van der Waals surface area (Å²) in [4.78, 5) is 17.5. The summed E-state index contributed by atoms with van der Waals surface area (Å²) in [5.74, 6) is 1.94. The Hall–Kier alpha value is -2.37. The lowest BCUT2D eigenvalue weighted by molar-refractivity contribution is 0.00256. The van der Waals surface area contributed by atoms with Gasteiger partial charge in [0, 0.05) is 30.5 Å². The summed E-state index contributed by atoms with van der Waals surface area (Å²) in [6, 6.07) is 15.9. The van der Waals surface area contributed by atoms with Crippen LogP contribution < -0.4 is 4.74 Å². The molecule has 2 bridgehead atoms. The maximum atomic E-state index is 13.3. The van der Waals surface area contributed by atoms with Crippen LogP contribution in [0.4, 0.5) is 0 Å². The van der Waals surface area contributed by atoms with E-state index in [1.807, 2.05) is 47.4 Å². The lowest BCUT2D eigenvalue weighted by atomic mass is 9.73. The minimum Gasteiger partial charge on any atom is -0.497 e. The standard InChI is InChI=1S/C25H30N2O3/c1-26(2)14-21-22-15-27(16-25(22)12-11-23(21)30-25)24(28)18-9-7-17(8-10-18)19-5-4-6-20(13-19)29-3/h4-10,13,21-23H,11-12,14-16H2,1-3H3/t21-,22+,23+,25+/m0/s1. The van der Waals surface area contributed by atoms with E-state index in [1.54, 1.807) is 7.11 Å². The normalized spacial score (nSPS) is 29.5. The van der Waals surface area contributed by atoms with E-state index < -0.39 is 0 Å². The van der Waals surface area contributed by atoms with E-state index in [0.717, 1.165) is 54.9 Å². The second-order valence-corrected chi connectivity index (χ2v) is 9.29. The Labute approximate surface area is 178 Å². The summed E-state index contributed by atoms with van der Waals surface area (Å²) >= 11 is 0. The molecule has 1 amide bonds. The molecule has 5 rings (SSSR count). The van der Waals surface area contributed by atoms with Gasteiger partial charge in [0.1, 0.15) is 5.75 Å². The maximum Gasteiger partial charge on any atom is 0.253 e. The Morgan fingerprint density at radius 3 is 2.73 bits per heavy atom. The zero-order chi connectivity index (χ0) is 20.9. The largest absolute Gasteiger partial charge is 0.497 e. The number of hydrogen-bond donors (Lipinski definition) is 0. The van der Waals surface area contributed by atoms with Gasteiger partial charge in [-0.3, -0.25) is 4.79 Å². The van der Waals surface area contributed by atoms with E-state index in [9.17, 15) is 4.79 Å². The molecule has 0 radical (unpaired) electrons. The van der Waals surface area contributed by atoms with Crippen molar-refractivity contribution >= 4 is 5.91 Å². The van der Waals surface area contributed by atoms with Crippen LogP contribution >= 0.6 is 0 Å². The number of rotatable bonds is 5. The monoisotopic (exact) mass is 406 g/mol. The Kier molecular flexibility index (Phi) is 4.83. The van der Waals surface area contributed by atoms with Gasteiger partial charge in [0.15, 0.2) is 0 Å². The molecule has 2 aromatic rings. The molecule has 0 aliphatic carbocycles. The van der Waals surface area contributed by atoms with Crippen LogP contribution in [0.3, 0.4) is 0 Å². The number of likely N-dealkylation sites (tertiary alicyclic amines) is 1. The second kappa shape index (κ2) is 7.40. The van der Waals surface area contributed by atoms with Gasteiger partial charge in [0.2, 0.25) is 0 Å². The lowest BCUT2D eigenvalue weighted by Crippen LogP contribution is -2.40. The minimum absolute atomic E-state index is 0.110. The highest BCUT2D eigenvalue weighted by Crippen LogP contribution is 2.55. The SMILES string of the molecule is COc1cccc(-c2ccc(C(=O)N3C[C@@H]4[C@H](CN(C)C)[C@H]5CC[C@]4(C3)O5)cc2)c1. The number of carbonyl (C=O) groups is 1. The van der Waals surface area contributed by atoms with E-state index in [0.29, 0.717) is 17.9 Å². The first kappa shape index (κ1) is 19.6. The first-order valence-electron chi connectivity index (χ1n) is 10.9. The molecule has 3 fully saturated rings. The van der Waals surface area contributed by atoms with Crippen molar-refractivity contribution in [1.29, 1.82) is 0 Å². The van der Waals surface area contributed by atoms with E-state index >= 15 is 0 Å². The molecule has 30 heavy (non-hydrogen) atoms. The smallest absolute Gasteiger partial charge is 0.253 e. The predicted octanol–water partition coefficient (Wildman–Crippen LogP) is 3.54. The first-order valence-corrected chi connectivity index (χ1v) is 10.9. The topological polar surface area (TPSA) is 42.0 Å². The molecule has 4 atom stereocenters. The van der Waals surface area contributed by atoms with Crippen molar-refractivity contribution < 1.29 is 14.3 Å². The fraction of sp³-hybridized carbons (Fsp3) is 0.480. The molecular weight excluding hydrogens is 376 g/mol. The van der Waals surface area contributed by atoms with Crippen LogP contribution in [0.5, 0.6) is 5.75 Å². The van der Waals surface area contributed by atoms with Gasteiger partial charge in [-0.2, -0.15) is 0 Å². The third-order valence-electron chi connectivity index (χ3n) is 7.18. The molecule has 3 aliphatic rings. The van der Waals surface area contributed by atoms with Crippen LogP contribution in [0.15, 0.2) is 48.5 Å². The highest BCUT2D eigenvalue weighted by molar-refractivity contribution is 5.95. The van der Waals surface area contributed by atoms with Crippen molar-refractivity contribution in [2.45, 2.75) is 24.5 Å². The van der Waals surface area contributed by atoms with E-state index in [1.165, 1.54) is 0 Å². The van der Waals surface area contributed by atoms with Crippen molar-refractivity contribution in [3.8, 4) is 16.9 Å². The Balaban J connectivity index is 1.32. The molecule has 0 saturated carbocycles. The lowest BCUT2D eigenvalue weighted by Gasteiger charge is -2.30. The van der Waals surface area contributed by atoms with Crippen LogP contribution in [0, 0.1) is 11.8 Å². The van der Waals surface area contributed by atoms with Crippen LogP contribution in [0.25, 0.3) is 11.1 Å². The molecule has 0 N–H and O–H groups in total. The summed E-state index contributed by atoms with van der Waals surface area (Å²) in [5.41, 5.74) is 2.80. The summed E-state index contributed by atoms with van der Waals surface area (Å²) in [6.07, 6.45) is 2.59. The van der Waals surface area contributed by atoms with Crippen molar-refractivity contribution in [2.24, 2.45) is 11.8 Å². The third kappa shape index (κ3) is 3.21. The van der Waals surface area contributed by atoms with Crippen LogP contribution in [-0.2, 0) is 4.74 Å². The average molecular weight is 407 g/mol. The summed E-state index contributed by atoms with van der Waals surface area (Å²) < 4.78 is 11.8.